The van der Waals surface area contributed by atoms with E-state index >= 15 is 0 Å². The third kappa shape index (κ3) is 3.57. The molecule has 0 heterocycles. The normalized spacial score (nSPS) is 18.9. The number of nitrogens with one attached hydrogen (secondary N) is 3. The number of rotatable bonds is 5. The van der Waals surface area contributed by atoms with Gasteiger partial charge < -0.3 is 16.0 Å². The van der Waals surface area contributed by atoms with Crippen molar-refractivity contribution in [2.45, 2.75) is 44.2 Å². The first kappa shape index (κ1) is 16.6. The molecule has 26 heavy (non-hydrogen) atoms. The minimum absolute atomic E-state index is 0.0410. The van der Waals surface area contributed by atoms with Gasteiger partial charge in [0.25, 0.3) is 0 Å². The van der Waals surface area contributed by atoms with Gasteiger partial charge in [-0.2, -0.15) is 0 Å². The minimum Gasteiger partial charge on any atom is -0.349 e. The van der Waals surface area contributed by atoms with Crippen LogP contribution in [0, 0.1) is 0 Å². The van der Waals surface area contributed by atoms with Crippen LogP contribution in [-0.2, 0) is 11.2 Å². The molecule has 2 atom stereocenters. The van der Waals surface area contributed by atoms with Gasteiger partial charge in [-0.15, -0.1) is 0 Å². The van der Waals surface area contributed by atoms with E-state index < -0.39 is 0 Å². The summed E-state index contributed by atoms with van der Waals surface area (Å²) in [4.78, 5) is 24.3. The molecule has 2 aliphatic rings. The highest BCUT2D eigenvalue weighted by Gasteiger charge is 2.32. The number of anilines is 1. The van der Waals surface area contributed by atoms with Crippen molar-refractivity contribution in [1.29, 1.82) is 0 Å². The molecule has 0 aromatic heterocycles. The smallest absolute Gasteiger partial charge is 0.319 e. The van der Waals surface area contributed by atoms with Gasteiger partial charge in [0.2, 0.25) is 5.91 Å². The lowest BCUT2D eigenvalue weighted by molar-refractivity contribution is -0.123. The number of carbonyl (C=O) groups excluding carboxylic acids is 2. The third-order valence-corrected chi connectivity index (χ3v) is 5.11. The van der Waals surface area contributed by atoms with E-state index in [9.17, 15) is 9.59 Å². The van der Waals surface area contributed by atoms with Crippen molar-refractivity contribution in [3.05, 3.63) is 65.2 Å². The molecule has 0 radical (unpaired) electrons. The fraction of sp³-hybridized carbons (Fsp3) is 0.333. The van der Waals surface area contributed by atoms with Gasteiger partial charge in [-0.05, 0) is 55.0 Å². The van der Waals surface area contributed by atoms with Crippen LogP contribution in [0.4, 0.5) is 10.5 Å². The molecule has 4 rings (SSSR count). The van der Waals surface area contributed by atoms with E-state index in [1.54, 1.807) is 0 Å². The van der Waals surface area contributed by atoms with Gasteiger partial charge in [0.1, 0.15) is 0 Å². The van der Waals surface area contributed by atoms with E-state index in [2.05, 4.69) is 22.0 Å². The number of fused-ring (bicyclic) bond motifs is 1. The summed E-state index contributed by atoms with van der Waals surface area (Å²) in [6, 6.07) is 15.8. The lowest BCUT2D eigenvalue weighted by Gasteiger charge is -2.30. The van der Waals surface area contributed by atoms with Gasteiger partial charge in [-0.3, -0.25) is 4.79 Å². The van der Waals surface area contributed by atoms with Crippen LogP contribution >= 0.6 is 0 Å². The zero-order chi connectivity index (χ0) is 18.1. The van der Waals surface area contributed by atoms with Crippen LogP contribution in [0.5, 0.6) is 0 Å². The second kappa shape index (κ2) is 6.83. The standard InChI is InChI=1S/C21H23N3O2/c1-13(22-20(25)19-12-15-4-2-3-5-18(15)19)14-6-8-16(9-7-14)23-21(26)24-17-10-11-17/h2-9,13,17,19H,10-12H2,1H3,(H,22,25)(H2,23,24,26)/t13-,19+/m1/s1. The second-order valence-electron chi connectivity index (χ2n) is 7.18. The van der Waals surface area contributed by atoms with Gasteiger partial charge in [0, 0.05) is 11.7 Å². The van der Waals surface area contributed by atoms with Gasteiger partial charge in [-0.25, -0.2) is 4.79 Å². The number of benzene rings is 2. The monoisotopic (exact) mass is 349 g/mol. The second-order valence-corrected chi connectivity index (χ2v) is 7.18. The maximum absolute atomic E-state index is 12.5. The lowest BCUT2D eigenvalue weighted by atomic mass is 9.77. The summed E-state index contributed by atoms with van der Waals surface area (Å²) in [5, 5.41) is 8.82. The predicted molar refractivity (Wildman–Crippen MR) is 101 cm³/mol. The Morgan fingerprint density at radius 3 is 2.46 bits per heavy atom. The molecule has 5 heteroatoms. The average molecular weight is 349 g/mol. The van der Waals surface area contributed by atoms with Crippen molar-refractivity contribution >= 4 is 17.6 Å². The number of carbonyl (C=O) groups is 2. The zero-order valence-corrected chi connectivity index (χ0v) is 14.8. The predicted octanol–water partition coefficient (Wildman–Crippen LogP) is 3.49. The molecular weight excluding hydrogens is 326 g/mol. The highest BCUT2D eigenvalue weighted by Crippen LogP contribution is 2.35. The first-order valence-corrected chi connectivity index (χ1v) is 9.16. The van der Waals surface area contributed by atoms with Crippen LogP contribution in [0.15, 0.2) is 48.5 Å². The maximum atomic E-state index is 12.5. The molecule has 3 amide bonds. The van der Waals surface area contributed by atoms with Gasteiger partial charge in [0.05, 0.1) is 12.0 Å². The van der Waals surface area contributed by atoms with Crippen LogP contribution in [0.2, 0.25) is 0 Å². The van der Waals surface area contributed by atoms with E-state index in [4.69, 9.17) is 0 Å². The van der Waals surface area contributed by atoms with Gasteiger partial charge in [-0.1, -0.05) is 36.4 Å². The van der Waals surface area contributed by atoms with Crippen molar-refractivity contribution in [2.75, 3.05) is 5.32 Å². The summed E-state index contributed by atoms with van der Waals surface area (Å²) in [5.41, 5.74) is 4.16. The summed E-state index contributed by atoms with van der Waals surface area (Å²) in [7, 11) is 0. The molecule has 1 fully saturated rings. The van der Waals surface area contributed by atoms with E-state index in [0.29, 0.717) is 6.04 Å². The van der Waals surface area contributed by atoms with E-state index in [1.807, 2.05) is 49.4 Å². The zero-order valence-electron chi connectivity index (χ0n) is 14.8. The number of amides is 3. The minimum atomic E-state index is -0.162. The molecule has 0 bridgehead atoms. The van der Waals surface area contributed by atoms with Crippen molar-refractivity contribution < 1.29 is 9.59 Å². The van der Waals surface area contributed by atoms with Crippen molar-refractivity contribution in [3.63, 3.8) is 0 Å². The summed E-state index contributed by atoms with van der Waals surface area (Å²) in [6.45, 7) is 1.98. The first-order chi connectivity index (χ1) is 12.6. The Kier molecular flexibility index (Phi) is 4.37. The Morgan fingerprint density at radius 2 is 1.77 bits per heavy atom. The Morgan fingerprint density at radius 1 is 1.04 bits per heavy atom. The molecular formula is C21H23N3O2. The van der Waals surface area contributed by atoms with E-state index in [-0.39, 0.29) is 23.9 Å². The molecule has 3 N–H and O–H groups in total. The molecule has 1 saturated carbocycles. The fourth-order valence-electron chi connectivity index (χ4n) is 3.33. The number of hydrogen-bond donors (Lipinski definition) is 3. The topological polar surface area (TPSA) is 70.2 Å². The Hall–Kier alpha value is -2.82. The molecule has 5 nitrogen and oxygen atoms in total. The third-order valence-electron chi connectivity index (χ3n) is 5.11. The van der Waals surface area contributed by atoms with E-state index in [0.717, 1.165) is 36.1 Å². The molecule has 0 aliphatic heterocycles. The van der Waals surface area contributed by atoms with Crippen LogP contribution < -0.4 is 16.0 Å². The maximum Gasteiger partial charge on any atom is 0.319 e. The van der Waals surface area contributed by atoms with E-state index in [1.165, 1.54) is 5.56 Å². The quantitative estimate of drug-likeness (QED) is 0.773. The van der Waals surface area contributed by atoms with Crippen molar-refractivity contribution in [1.82, 2.24) is 10.6 Å². The largest absolute Gasteiger partial charge is 0.349 e. The summed E-state index contributed by atoms with van der Waals surface area (Å²) < 4.78 is 0. The highest BCUT2D eigenvalue weighted by molar-refractivity contribution is 5.89. The Bertz CT molecular complexity index is 827. The van der Waals surface area contributed by atoms with Crippen LogP contribution in [-0.4, -0.2) is 18.0 Å². The van der Waals surface area contributed by atoms with Crippen LogP contribution in [0.1, 0.15) is 48.4 Å². The van der Waals surface area contributed by atoms with Gasteiger partial charge in [0.15, 0.2) is 0 Å². The molecule has 0 unspecified atom stereocenters. The summed E-state index contributed by atoms with van der Waals surface area (Å²) >= 11 is 0. The number of urea groups is 1. The van der Waals surface area contributed by atoms with Crippen molar-refractivity contribution in [2.24, 2.45) is 0 Å². The SMILES string of the molecule is C[C@@H](NC(=O)[C@H]1Cc2ccccc21)c1ccc(NC(=O)NC2CC2)cc1. The summed E-state index contributed by atoms with van der Waals surface area (Å²) in [6.07, 6.45) is 2.94. The molecule has 2 aromatic carbocycles. The van der Waals surface area contributed by atoms with Crippen LogP contribution in [0.3, 0.4) is 0 Å². The molecule has 0 spiro atoms. The number of hydrogen-bond acceptors (Lipinski definition) is 2. The highest BCUT2D eigenvalue weighted by atomic mass is 16.2. The fourth-order valence-corrected chi connectivity index (χ4v) is 3.33. The Labute approximate surface area is 153 Å². The lowest BCUT2D eigenvalue weighted by Crippen LogP contribution is -2.36. The average Bonchev–Trinajstić information content (AvgIpc) is 3.40. The summed E-state index contributed by atoms with van der Waals surface area (Å²) in [5.74, 6) is 0.0305. The molecule has 134 valence electrons. The molecule has 0 saturated heterocycles. The molecule has 2 aromatic rings. The molecule has 2 aliphatic carbocycles. The first-order valence-electron chi connectivity index (χ1n) is 9.16. The van der Waals surface area contributed by atoms with Crippen molar-refractivity contribution in [3.8, 4) is 0 Å². The van der Waals surface area contributed by atoms with Gasteiger partial charge >= 0.3 is 6.03 Å². The Balaban J connectivity index is 1.32. The van der Waals surface area contributed by atoms with Crippen LogP contribution in [0.25, 0.3) is 0 Å².